The quantitative estimate of drug-likeness (QED) is 0.250. The number of fused-ring (bicyclic) bond motifs is 1. The van der Waals surface area contributed by atoms with Gasteiger partial charge in [0.2, 0.25) is 5.95 Å². The predicted octanol–water partition coefficient (Wildman–Crippen LogP) is 5.24. The molecule has 0 saturated carbocycles. The maximum atomic E-state index is 13.1. The zero-order valence-corrected chi connectivity index (χ0v) is 19.8. The summed E-state index contributed by atoms with van der Waals surface area (Å²) in [5.41, 5.74) is 4.59. The Morgan fingerprint density at radius 2 is 1.91 bits per heavy atom. The van der Waals surface area contributed by atoms with Gasteiger partial charge in [-0.2, -0.15) is 0 Å². The van der Waals surface area contributed by atoms with Gasteiger partial charge in [0.25, 0.3) is 5.91 Å². The lowest BCUT2D eigenvalue weighted by molar-refractivity contribution is 0.0946. The molecule has 0 unspecified atom stereocenters. The molecule has 8 nitrogen and oxygen atoms in total. The van der Waals surface area contributed by atoms with E-state index in [1.54, 1.807) is 24.4 Å². The van der Waals surface area contributed by atoms with E-state index in [4.69, 9.17) is 0 Å². The van der Waals surface area contributed by atoms with Crippen LogP contribution in [-0.4, -0.2) is 32.9 Å². The Morgan fingerprint density at radius 1 is 1.09 bits per heavy atom. The highest BCUT2D eigenvalue weighted by Crippen LogP contribution is 2.32. The number of H-pyrrole nitrogens is 1. The molecule has 10 heteroatoms. The van der Waals surface area contributed by atoms with Crippen molar-refractivity contribution in [1.82, 2.24) is 25.3 Å². The summed E-state index contributed by atoms with van der Waals surface area (Å²) in [6.45, 7) is 2.26. The van der Waals surface area contributed by atoms with Crippen molar-refractivity contribution in [2.24, 2.45) is 0 Å². The minimum absolute atomic E-state index is 0.239. The Morgan fingerprint density at radius 3 is 2.69 bits per heavy atom. The lowest BCUT2D eigenvalue weighted by Gasteiger charge is -2.06. The van der Waals surface area contributed by atoms with E-state index < -0.39 is 0 Å². The Bertz CT molecular complexity index is 1510. The molecule has 0 spiro atoms. The molecule has 0 saturated heterocycles. The van der Waals surface area contributed by atoms with Crippen LogP contribution in [0.25, 0.3) is 21.5 Å². The van der Waals surface area contributed by atoms with Gasteiger partial charge in [-0.05, 0) is 55.0 Å². The number of thiazole rings is 1. The zero-order valence-electron chi connectivity index (χ0n) is 19.0. The summed E-state index contributed by atoms with van der Waals surface area (Å²) in [5, 5.41) is 10.8. The van der Waals surface area contributed by atoms with Crippen molar-refractivity contribution >= 4 is 44.9 Å². The van der Waals surface area contributed by atoms with Crippen molar-refractivity contribution in [2.45, 2.75) is 13.5 Å². The smallest absolute Gasteiger partial charge is 0.267 e. The fourth-order valence-electron chi connectivity index (χ4n) is 3.63. The second kappa shape index (κ2) is 9.51. The summed E-state index contributed by atoms with van der Waals surface area (Å²) in [6, 6.07) is 15.4. The van der Waals surface area contributed by atoms with Crippen molar-refractivity contribution in [3.63, 3.8) is 0 Å². The first-order valence-electron chi connectivity index (χ1n) is 10.9. The van der Waals surface area contributed by atoms with E-state index in [0.717, 1.165) is 43.6 Å². The van der Waals surface area contributed by atoms with Gasteiger partial charge in [0.1, 0.15) is 11.5 Å². The summed E-state index contributed by atoms with van der Waals surface area (Å²) in [5.74, 6) is -0.0794. The highest BCUT2D eigenvalue weighted by Gasteiger charge is 2.13. The van der Waals surface area contributed by atoms with Crippen LogP contribution in [0.1, 0.15) is 21.7 Å². The Kier molecular flexibility index (Phi) is 6.11. The molecule has 4 N–H and O–H groups in total. The fourth-order valence-corrected chi connectivity index (χ4v) is 4.52. The molecule has 0 bridgehead atoms. The van der Waals surface area contributed by atoms with E-state index in [9.17, 15) is 9.18 Å². The van der Waals surface area contributed by atoms with Crippen LogP contribution in [0.15, 0.2) is 60.8 Å². The third-order valence-corrected chi connectivity index (χ3v) is 6.58. The van der Waals surface area contributed by atoms with Gasteiger partial charge in [-0.3, -0.25) is 4.79 Å². The zero-order chi connectivity index (χ0) is 24.4. The lowest BCUT2D eigenvalue weighted by atomic mass is 10.2. The van der Waals surface area contributed by atoms with Crippen molar-refractivity contribution in [3.8, 4) is 10.6 Å². The molecule has 0 aliphatic rings. The highest BCUT2D eigenvalue weighted by molar-refractivity contribution is 7.19. The highest BCUT2D eigenvalue weighted by atomic mass is 32.1. The van der Waals surface area contributed by atoms with Crippen molar-refractivity contribution in [2.75, 3.05) is 17.7 Å². The molecule has 0 atom stereocenters. The van der Waals surface area contributed by atoms with E-state index in [-0.39, 0.29) is 11.7 Å². The summed E-state index contributed by atoms with van der Waals surface area (Å²) < 4.78 is 13.1. The average Bonchev–Trinajstić information content (AvgIpc) is 3.46. The second-order valence-electron chi connectivity index (χ2n) is 7.87. The van der Waals surface area contributed by atoms with Gasteiger partial charge >= 0.3 is 0 Å². The van der Waals surface area contributed by atoms with Crippen molar-refractivity contribution in [1.29, 1.82) is 0 Å². The summed E-state index contributed by atoms with van der Waals surface area (Å²) in [7, 11) is 1.84. The van der Waals surface area contributed by atoms with Crippen LogP contribution in [0.5, 0.6) is 0 Å². The van der Waals surface area contributed by atoms with Crippen LogP contribution in [0.4, 0.5) is 21.2 Å². The minimum atomic E-state index is -0.307. The molecule has 1 amide bonds. The number of aryl methyl sites for hydroxylation is 1. The Labute approximate surface area is 204 Å². The number of anilines is 3. The molecule has 5 aromatic rings. The second-order valence-corrected chi connectivity index (χ2v) is 8.87. The number of halogens is 1. The number of carbonyl (C=O) groups excluding carboxylic acids is 1. The number of carbonyl (C=O) groups is 1. The van der Waals surface area contributed by atoms with Crippen molar-refractivity contribution in [3.05, 3.63) is 83.6 Å². The predicted molar refractivity (Wildman–Crippen MR) is 137 cm³/mol. The summed E-state index contributed by atoms with van der Waals surface area (Å²) in [6.07, 6.45) is 1.71. The van der Waals surface area contributed by atoms with Gasteiger partial charge in [0, 0.05) is 36.4 Å². The van der Waals surface area contributed by atoms with E-state index in [2.05, 4.69) is 35.9 Å². The molecule has 0 aliphatic heterocycles. The van der Waals surface area contributed by atoms with Gasteiger partial charge in [-0.25, -0.2) is 19.3 Å². The number of aromatic nitrogens is 4. The van der Waals surface area contributed by atoms with Gasteiger partial charge in [0.15, 0.2) is 5.13 Å². The first-order valence-corrected chi connectivity index (χ1v) is 11.7. The SMILES string of the molecule is CNc1nc(C)c(-c2ccnc(Nc3ccc4[nH]c(C(=O)NCc5ccc(F)cc5)cc4c3)n2)s1. The number of nitrogens with zero attached hydrogens (tertiary/aromatic N) is 3. The molecule has 5 rings (SSSR count). The topological polar surface area (TPSA) is 108 Å². The minimum Gasteiger partial charge on any atom is -0.365 e. The van der Waals surface area contributed by atoms with Crippen molar-refractivity contribution < 1.29 is 9.18 Å². The van der Waals surface area contributed by atoms with Crippen LogP contribution >= 0.6 is 11.3 Å². The number of benzene rings is 2. The first-order chi connectivity index (χ1) is 17.0. The summed E-state index contributed by atoms with van der Waals surface area (Å²) >= 11 is 1.54. The summed E-state index contributed by atoms with van der Waals surface area (Å²) in [4.78, 5) is 30.2. The van der Waals surface area contributed by atoms with Crippen LogP contribution in [-0.2, 0) is 6.54 Å². The molecule has 0 fully saturated rings. The van der Waals surface area contributed by atoms with Crippen LogP contribution in [0.3, 0.4) is 0 Å². The maximum Gasteiger partial charge on any atom is 0.267 e. The molecule has 0 aliphatic carbocycles. The molecular formula is C25H22FN7OS. The van der Waals surface area contributed by atoms with Crippen LogP contribution in [0, 0.1) is 12.7 Å². The Hall–Kier alpha value is -4.31. The maximum absolute atomic E-state index is 13.1. The number of nitrogens with one attached hydrogen (secondary N) is 4. The number of amides is 1. The molecule has 3 heterocycles. The third kappa shape index (κ3) is 4.97. The lowest BCUT2D eigenvalue weighted by Crippen LogP contribution is -2.23. The number of rotatable bonds is 7. The number of hydrogen-bond donors (Lipinski definition) is 4. The number of hydrogen-bond acceptors (Lipinski definition) is 7. The van der Waals surface area contributed by atoms with E-state index in [0.29, 0.717) is 18.2 Å². The fraction of sp³-hybridized carbons (Fsp3) is 0.120. The molecule has 176 valence electrons. The number of aromatic amines is 1. The van der Waals surface area contributed by atoms with Crippen LogP contribution < -0.4 is 16.0 Å². The standard InChI is InChI=1S/C25H22FN7OS/c1-14-22(35-25(27-2)30-14)20-9-10-28-24(33-20)31-18-7-8-19-16(11-18)12-21(32-19)23(34)29-13-15-3-5-17(26)6-4-15/h3-12,32H,13H2,1-2H3,(H,27,30)(H,29,34)(H,28,31,33). The van der Waals surface area contributed by atoms with E-state index in [1.807, 2.05) is 38.2 Å². The molecule has 3 aromatic heterocycles. The first kappa shape index (κ1) is 22.5. The largest absolute Gasteiger partial charge is 0.365 e. The van der Waals surface area contributed by atoms with E-state index in [1.165, 1.54) is 23.5 Å². The van der Waals surface area contributed by atoms with Gasteiger partial charge in [-0.1, -0.05) is 23.5 Å². The molecular weight excluding hydrogens is 465 g/mol. The Balaban J connectivity index is 1.31. The third-order valence-electron chi connectivity index (χ3n) is 5.39. The van der Waals surface area contributed by atoms with Gasteiger partial charge < -0.3 is 20.9 Å². The van der Waals surface area contributed by atoms with Crippen LogP contribution in [0.2, 0.25) is 0 Å². The molecule has 2 aromatic carbocycles. The van der Waals surface area contributed by atoms with Gasteiger partial charge in [0.05, 0.1) is 16.3 Å². The average molecular weight is 488 g/mol. The monoisotopic (exact) mass is 487 g/mol. The van der Waals surface area contributed by atoms with E-state index >= 15 is 0 Å². The molecule has 0 radical (unpaired) electrons. The molecule has 35 heavy (non-hydrogen) atoms. The normalized spacial score (nSPS) is 10.9. The van der Waals surface area contributed by atoms with Gasteiger partial charge in [-0.15, -0.1) is 0 Å².